The standard InChI is InChI=1S/C28H30Cl2N2O3/c1-4-31-28(34)26(16-21-9-6-5-7-10-21)32(17-23-24(29)11-8-12-25(23)30)27(33)18-35-22-14-19(2)13-20(3)15-22/h5-15,26H,4,16-18H2,1-3H3,(H,31,34)/t26-/m1/s1. The number of halogens is 2. The lowest BCUT2D eigenvalue weighted by Crippen LogP contribution is -2.51. The maximum Gasteiger partial charge on any atom is 0.261 e. The van der Waals surface area contributed by atoms with Gasteiger partial charge in [-0.05, 0) is 61.7 Å². The number of carbonyl (C=O) groups is 2. The minimum Gasteiger partial charge on any atom is -0.484 e. The lowest BCUT2D eigenvalue weighted by Gasteiger charge is -2.32. The zero-order valence-corrected chi connectivity index (χ0v) is 21.7. The average molecular weight is 513 g/mol. The summed E-state index contributed by atoms with van der Waals surface area (Å²) in [5, 5.41) is 3.73. The maximum atomic E-state index is 13.6. The van der Waals surface area contributed by atoms with Gasteiger partial charge >= 0.3 is 0 Å². The van der Waals surface area contributed by atoms with E-state index in [4.69, 9.17) is 27.9 Å². The van der Waals surface area contributed by atoms with Gasteiger partial charge in [0.1, 0.15) is 11.8 Å². The van der Waals surface area contributed by atoms with Crippen LogP contribution in [0.2, 0.25) is 10.0 Å². The molecular formula is C28H30Cl2N2O3. The molecule has 0 spiro atoms. The predicted molar refractivity (Wildman–Crippen MR) is 141 cm³/mol. The van der Waals surface area contributed by atoms with Crippen molar-refractivity contribution in [1.29, 1.82) is 0 Å². The normalized spacial score (nSPS) is 11.6. The zero-order valence-electron chi connectivity index (χ0n) is 20.2. The molecule has 5 nitrogen and oxygen atoms in total. The van der Waals surface area contributed by atoms with E-state index in [2.05, 4.69) is 5.32 Å². The Morgan fingerprint density at radius 1 is 0.943 bits per heavy atom. The van der Waals surface area contributed by atoms with Gasteiger partial charge in [-0.25, -0.2) is 0 Å². The van der Waals surface area contributed by atoms with Crippen LogP contribution >= 0.6 is 23.2 Å². The summed E-state index contributed by atoms with van der Waals surface area (Å²) >= 11 is 12.9. The molecule has 2 amide bonds. The van der Waals surface area contributed by atoms with Gasteiger partial charge in [-0.1, -0.05) is 65.7 Å². The highest BCUT2D eigenvalue weighted by Crippen LogP contribution is 2.27. The Hall–Kier alpha value is -3.02. The van der Waals surface area contributed by atoms with Crippen molar-refractivity contribution < 1.29 is 14.3 Å². The van der Waals surface area contributed by atoms with Crippen LogP contribution in [0.15, 0.2) is 66.7 Å². The molecule has 0 aliphatic rings. The van der Waals surface area contributed by atoms with E-state index in [-0.39, 0.29) is 25.0 Å². The van der Waals surface area contributed by atoms with Crippen LogP contribution in [-0.4, -0.2) is 35.9 Å². The van der Waals surface area contributed by atoms with Crippen LogP contribution < -0.4 is 10.1 Å². The molecule has 0 aliphatic carbocycles. The summed E-state index contributed by atoms with van der Waals surface area (Å²) in [5.41, 5.74) is 3.59. The molecule has 7 heteroatoms. The van der Waals surface area contributed by atoms with E-state index in [0.29, 0.717) is 34.3 Å². The number of nitrogens with zero attached hydrogens (tertiary/aromatic N) is 1. The second-order valence-corrected chi connectivity index (χ2v) is 9.25. The van der Waals surface area contributed by atoms with Crippen molar-refractivity contribution >= 4 is 35.0 Å². The van der Waals surface area contributed by atoms with E-state index < -0.39 is 6.04 Å². The van der Waals surface area contributed by atoms with Crippen LogP contribution in [0.3, 0.4) is 0 Å². The van der Waals surface area contributed by atoms with Gasteiger partial charge in [0.15, 0.2) is 6.61 Å². The number of rotatable bonds is 10. The van der Waals surface area contributed by atoms with Crippen molar-refractivity contribution in [2.75, 3.05) is 13.2 Å². The molecule has 0 radical (unpaired) electrons. The van der Waals surface area contributed by atoms with Crippen LogP contribution in [0, 0.1) is 13.8 Å². The molecular weight excluding hydrogens is 483 g/mol. The Balaban J connectivity index is 1.95. The number of carbonyl (C=O) groups excluding carboxylic acids is 2. The Morgan fingerprint density at radius 2 is 1.57 bits per heavy atom. The van der Waals surface area contributed by atoms with Gasteiger partial charge in [-0.3, -0.25) is 9.59 Å². The number of hydrogen-bond donors (Lipinski definition) is 1. The van der Waals surface area contributed by atoms with Crippen molar-refractivity contribution in [1.82, 2.24) is 10.2 Å². The average Bonchev–Trinajstić information content (AvgIpc) is 2.81. The first kappa shape index (κ1) is 26.6. The number of hydrogen-bond acceptors (Lipinski definition) is 3. The highest BCUT2D eigenvalue weighted by atomic mass is 35.5. The minimum atomic E-state index is -0.778. The largest absolute Gasteiger partial charge is 0.484 e. The number of amides is 2. The summed E-state index contributed by atoms with van der Waals surface area (Å²) in [4.78, 5) is 28.3. The van der Waals surface area contributed by atoms with E-state index in [0.717, 1.165) is 16.7 Å². The van der Waals surface area contributed by atoms with Gasteiger partial charge < -0.3 is 15.0 Å². The number of ether oxygens (including phenoxy) is 1. The molecule has 35 heavy (non-hydrogen) atoms. The number of benzene rings is 3. The molecule has 3 aromatic carbocycles. The lowest BCUT2D eigenvalue weighted by molar-refractivity contribution is -0.142. The third-order valence-corrected chi connectivity index (χ3v) is 6.28. The maximum absolute atomic E-state index is 13.6. The van der Waals surface area contributed by atoms with Gasteiger partial charge in [0.2, 0.25) is 5.91 Å². The third-order valence-electron chi connectivity index (χ3n) is 5.57. The van der Waals surface area contributed by atoms with Crippen molar-refractivity contribution in [2.45, 2.75) is 39.8 Å². The van der Waals surface area contributed by atoms with Crippen LogP contribution in [0.5, 0.6) is 5.75 Å². The Labute approximate surface area is 217 Å². The minimum absolute atomic E-state index is 0.0716. The topological polar surface area (TPSA) is 58.6 Å². The van der Waals surface area contributed by atoms with Crippen LogP contribution in [0.4, 0.5) is 0 Å². The highest BCUT2D eigenvalue weighted by Gasteiger charge is 2.31. The predicted octanol–water partition coefficient (Wildman–Crippen LogP) is 5.77. The molecule has 0 heterocycles. The van der Waals surface area contributed by atoms with Gasteiger partial charge in [0.05, 0.1) is 0 Å². The first-order chi connectivity index (χ1) is 16.8. The molecule has 3 rings (SSSR count). The van der Waals surface area contributed by atoms with E-state index >= 15 is 0 Å². The van der Waals surface area contributed by atoms with Gasteiger partial charge in [0, 0.05) is 35.1 Å². The summed E-state index contributed by atoms with van der Waals surface area (Å²) in [6, 6.07) is 19.8. The van der Waals surface area contributed by atoms with Crippen molar-refractivity contribution in [3.63, 3.8) is 0 Å². The summed E-state index contributed by atoms with van der Waals surface area (Å²) in [6.07, 6.45) is 0.337. The molecule has 0 fully saturated rings. The fraction of sp³-hybridized carbons (Fsp3) is 0.286. The quantitative estimate of drug-likeness (QED) is 0.375. The van der Waals surface area contributed by atoms with Crippen molar-refractivity contribution in [3.05, 3.63) is 99.0 Å². The van der Waals surface area contributed by atoms with Crippen LogP contribution in [0.25, 0.3) is 0 Å². The summed E-state index contributed by atoms with van der Waals surface area (Å²) in [5.74, 6) is 0.0100. The second kappa shape index (κ2) is 12.6. The zero-order chi connectivity index (χ0) is 25.4. The number of likely N-dealkylation sites (N-methyl/N-ethyl adjacent to an activating group) is 1. The molecule has 0 saturated heterocycles. The highest BCUT2D eigenvalue weighted by molar-refractivity contribution is 6.36. The monoisotopic (exact) mass is 512 g/mol. The van der Waals surface area contributed by atoms with E-state index in [9.17, 15) is 9.59 Å². The van der Waals surface area contributed by atoms with E-state index in [1.807, 2.05) is 69.3 Å². The third kappa shape index (κ3) is 7.48. The molecule has 184 valence electrons. The Kier molecular flexibility index (Phi) is 9.58. The second-order valence-electron chi connectivity index (χ2n) is 8.43. The molecule has 0 aromatic heterocycles. The summed E-state index contributed by atoms with van der Waals surface area (Å²) < 4.78 is 5.86. The lowest BCUT2D eigenvalue weighted by atomic mass is 10.0. The van der Waals surface area contributed by atoms with Crippen LogP contribution in [0.1, 0.15) is 29.2 Å². The smallest absolute Gasteiger partial charge is 0.261 e. The van der Waals surface area contributed by atoms with E-state index in [1.165, 1.54) is 4.90 Å². The molecule has 1 N–H and O–H groups in total. The molecule has 0 aliphatic heterocycles. The van der Waals surface area contributed by atoms with E-state index in [1.54, 1.807) is 18.2 Å². The SMILES string of the molecule is CCNC(=O)[C@@H](Cc1ccccc1)N(Cc1c(Cl)cccc1Cl)C(=O)COc1cc(C)cc(C)c1. The van der Waals surface area contributed by atoms with Gasteiger partial charge in [0.25, 0.3) is 5.91 Å². The van der Waals surface area contributed by atoms with Crippen LogP contribution in [-0.2, 0) is 22.6 Å². The molecule has 3 aromatic rings. The molecule has 0 unspecified atom stereocenters. The summed E-state index contributed by atoms with van der Waals surface area (Å²) in [7, 11) is 0. The van der Waals surface area contributed by atoms with Crippen molar-refractivity contribution in [3.8, 4) is 5.75 Å². The van der Waals surface area contributed by atoms with Gasteiger partial charge in [-0.2, -0.15) is 0 Å². The van der Waals surface area contributed by atoms with Crippen molar-refractivity contribution in [2.24, 2.45) is 0 Å². The fourth-order valence-electron chi connectivity index (χ4n) is 3.94. The Bertz CT molecular complexity index is 1130. The Morgan fingerprint density at radius 3 is 2.17 bits per heavy atom. The number of aryl methyl sites for hydroxylation is 2. The molecule has 0 bridgehead atoms. The van der Waals surface area contributed by atoms with Gasteiger partial charge in [-0.15, -0.1) is 0 Å². The number of nitrogens with one attached hydrogen (secondary N) is 1. The first-order valence-corrected chi connectivity index (χ1v) is 12.3. The molecule has 1 atom stereocenters. The first-order valence-electron chi connectivity index (χ1n) is 11.5. The summed E-state index contributed by atoms with van der Waals surface area (Å²) in [6.45, 7) is 6.07. The fourth-order valence-corrected chi connectivity index (χ4v) is 4.46. The molecule has 0 saturated carbocycles.